The van der Waals surface area contributed by atoms with E-state index in [0.29, 0.717) is 12.8 Å². The Hall–Kier alpha value is -3.35. The summed E-state index contributed by atoms with van der Waals surface area (Å²) in [6.07, 6.45) is 44.2. The molecule has 12 unspecified atom stereocenters. The zero-order valence-corrected chi connectivity index (χ0v) is 44.3. The highest BCUT2D eigenvalue weighted by molar-refractivity contribution is 5.76. The molecule has 2 rings (SSSR count). The number of aliphatic hydroxyl groups excluding tert-OH is 8. The fourth-order valence-corrected chi connectivity index (χ4v) is 8.19. The van der Waals surface area contributed by atoms with Gasteiger partial charge in [-0.15, -0.1) is 0 Å². The zero-order chi connectivity index (χ0) is 53.2. The van der Waals surface area contributed by atoms with E-state index in [2.05, 4.69) is 116 Å². The standard InChI is InChI=1S/C59H97NO13/c1-3-5-7-9-11-13-15-17-18-19-20-21-22-23-24-25-26-27-28-29-30-31-33-35-37-39-41-43-51(64)60-47(48(63)42-40-38-36-34-32-16-14-12-10-8-6-4-2)46-70-58-56(69)54(67)57(50(45-62)72-58)73-59-55(68)53(66)52(65)49(44-61)71-59/h5,7,10-13,17-18,20-21,23-24,26-27,32,34,40,42,47-50,52-59,61-63,65-69H,3-4,6,8-9,14-16,19,22,25,28-31,33,35-39,41,43-46H2,1-2H3,(H,60,64)/b7-5-,12-10+,13-11-,18-17-,21-20-,24-23-,27-26-,34-32+,42-40+. The number of carbonyl (C=O) groups is 1. The van der Waals surface area contributed by atoms with Gasteiger partial charge < -0.3 is 65.1 Å². The van der Waals surface area contributed by atoms with Crippen LogP contribution in [0.4, 0.5) is 0 Å². The van der Waals surface area contributed by atoms with Gasteiger partial charge in [-0.1, -0.05) is 175 Å². The van der Waals surface area contributed by atoms with E-state index in [9.17, 15) is 45.6 Å². The Kier molecular flexibility index (Phi) is 39.5. The molecule has 0 aromatic carbocycles. The Balaban J connectivity index is 1.76. The van der Waals surface area contributed by atoms with E-state index in [0.717, 1.165) is 96.3 Å². The largest absolute Gasteiger partial charge is 0.394 e. The van der Waals surface area contributed by atoms with Gasteiger partial charge in [-0.3, -0.25) is 4.79 Å². The number of carbonyl (C=O) groups excluding carboxylic acids is 1. The van der Waals surface area contributed by atoms with Crippen molar-refractivity contribution in [2.24, 2.45) is 0 Å². The molecular formula is C59H97NO13. The average molecular weight is 1030 g/mol. The SMILES string of the molecule is CC/C=C\C/C=C\C/C=C\C/C=C\C/C=C\C/C=C\CCCCCCCCCCC(=O)NC(COC1OC(CO)C(OC2OC(CO)C(O)C(O)C2O)C(O)C1O)C(O)/C=C/CC/C=C/CC/C=C/CCCC. The minimum Gasteiger partial charge on any atom is -0.394 e. The van der Waals surface area contributed by atoms with Crippen molar-refractivity contribution in [1.82, 2.24) is 5.32 Å². The molecule has 2 saturated heterocycles. The Morgan fingerprint density at radius 3 is 1.51 bits per heavy atom. The summed E-state index contributed by atoms with van der Waals surface area (Å²) in [6, 6.07) is -0.949. The number of allylic oxidation sites excluding steroid dienone is 17. The molecule has 14 heteroatoms. The quantitative estimate of drug-likeness (QED) is 0.0207. The van der Waals surface area contributed by atoms with Crippen LogP contribution in [0.5, 0.6) is 0 Å². The van der Waals surface area contributed by atoms with Gasteiger partial charge in [0.15, 0.2) is 12.6 Å². The van der Waals surface area contributed by atoms with Crippen molar-refractivity contribution in [3.05, 3.63) is 109 Å². The molecule has 2 fully saturated rings. The van der Waals surface area contributed by atoms with Crippen LogP contribution in [0, 0.1) is 0 Å². The van der Waals surface area contributed by atoms with Gasteiger partial charge in [-0.2, -0.15) is 0 Å². The highest BCUT2D eigenvalue weighted by Gasteiger charge is 2.51. The number of ether oxygens (including phenoxy) is 4. The van der Waals surface area contributed by atoms with Crippen molar-refractivity contribution >= 4 is 5.91 Å². The molecule has 9 N–H and O–H groups in total. The number of unbranched alkanes of at least 4 members (excludes halogenated alkanes) is 12. The third kappa shape index (κ3) is 30.1. The molecule has 416 valence electrons. The maximum atomic E-state index is 13.2. The predicted octanol–water partition coefficient (Wildman–Crippen LogP) is 8.49. The maximum absolute atomic E-state index is 13.2. The first-order valence-corrected chi connectivity index (χ1v) is 27.6. The van der Waals surface area contributed by atoms with Gasteiger partial charge >= 0.3 is 0 Å². The lowest BCUT2D eigenvalue weighted by Gasteiger charge is -2.46. The lowest BCUT2D eigenvalue weighted by atomic mass is 9.97. The van der Waals surface area contributed by atoms with Crippen LogP contribution in [0.25, 0.3) is 0 Å². The van der Waals surface area contributed by atoms with Crippen molar-refractivity contribution in [2.75, 3.05) is 19.8 Å². The van der Waals surface area contributed by atoms with Crippen molar-refractivity contribution < 1.29 is 64.6 Å². The van der Waals surface area contributed by atoms with E-state index < -0.39 is 86.8 Å². The van der Waals surface area contributed by atoms with Crippen LogP contribution in [-0.2, 0) is 23.7 Å². The van der Waals surface area contributed by atoms with Gasteiger partial charge in [0.2, 0.25) is 5.91 Å². The molecule has 0 radical (unpaired) electrons. The van der Waals surface area contributed by atoms with Crippen molar-refractivity contribution in [1.29, 1.82) is 0 Å². The second kappa shape index (κ2) is 43.8. The van der Waals surface area contributed by atoms with Gasteiger partial charge in [0, 0.05) is 6.42 Å². The highest BCUT2D eigenvalue weighted by Crippen LogP contribution is 2.30. The van der Waals surface area contributed by atoms with E-state index in [1.807, 2.05) is 6.08 Å². The Morgan fingerprint density at radius 1 is 0.507 bits per heavy atom. The fourth-order valence-electron chi connectivity index (χ4n) is 8.19. The van der Waals surface area contributed by atoms with E-state index in [1.165, 1.54) is 32.1 Å². The van der Waals surface area contributed by atoms with Crippen molar-refractivity contribution in [3.63, 3.8) is 0 Å². The van der Waals surface area contributed by atoms with Crippen LogP contribution in [-0.4, -0.2) is 140 Å². The molecule has 0 aromatic rings. The third-order valence-corrected chi connectivity index (χ3v) is 12.7. The molecular weight excluding hydrogens is 931 g/mol. The normalized spacial score (nSPS) is 26.3. The summed E-state index contributed by atoms with van der Waals surface area (Å²) in [5, 5.41) is 86.8. The summed E-state index contributed by atoms with van der Waals surface area (Å²) >= 11 is 0. The fraction of sp³-hybridized carbons (Fsp3) is 0.678. The Morgan fingerprint density at radius 2 is 0.959 bits per heavy atom. The van der Waals surface area contributed by atoms with Gasteiger partial charge in [-0.25, -0.2) is 0 Å². The molecule has 0 aliphatic carbocycles. The molecule has 0 aromatic heterocycles. The van der Waals surface area contributed by atoms with Crippen LogP contribution in [0.3, 0.4) is 0 Å². The second-order valence-corrected chi connectivity index (χ2v) is 19.0. The van der Waals surface area contributed by atoms with Crippen molar-refractivity contribution in [3.8, 4) is 0 Å². The lowest BCUT2D eigenvalue weighted by Crippen LogP contribution is -2.65. The first-order valence-electron chi connectivity index (χ1n) is 27.6. The number of amides is 1. The number of hydrogen-bond acceptors (Lipinski definition) is 13. The highest BCUT2D eigenvalue weighted by atomic mass is 16.7. The number of nitrogens with one attached hydrogen (secondary N) is 1. The molecule has 73 heavy (non-hydrogen) atoms. The minimum absolute atomic E-state index is 0.252. The summed E-state index contributed by atoms with van der Waals surface area (Å²) in [4.78, 5) is 13.2. The predicted molar refractivity (Wildman–Crippen MR) is 290 cm³/mol. The van der Waals surface area contributed by atoms with E-state index in [1.54, 1.807) is 6.08 Å². The van der Waals surface area contributed by atoms with Crippen molar-refractivity contribution in [2.45, 2.75) is 235 Å². The molecule has 0 bridgehead atoms. The van der Waals surface area contributed by atoms with Gasteiger partial charge in [0.1, 0.15) is 48.8 Å². The van der Waals surface area contributed by atoms with Crippen LogP contribution >= 0.6 is 0 Å². The van der Waals surface area contributed by atoms with E-state index >= 15 is 0 Å². The van der Waals surface area contributed by atoms with Gasteiger partial charge in [0.25, 0.3) is 0 Å². The molecule has 0 spiro atoms. The number of hydrogen-bond donors (Lipinski definition) is 9. The molecule has 2 aliphatic heterocycles. The molecule has 12 atom stereocenters. The maximum Gasteiger partial charge on any atom is 0.220 e. The van der Waals surface area contributed by atoms with Crippen LogP contribution < -0.4 is 5.32 Å². The van der Waals surface area contributed by atoms with Crippen LogP contribution in [0.2, 0.25) is 0 Å². The molecule has 1 amide bonds. The zero-order valence-electron chi connectivity index (χ0n) is 44.3. The lowest BCUT2D eigenvalue weighted by molar-refractivity contribution is -0.359. The second-order valence-electron chi connectivity index (χ2n) is 19.0. The minimum atomic E-state index is -1.80. The molecule has 14 nitrogen and oxygen atoms in total. The summed E-state index contributed by atoms with van der Waals surface area (Å²) in [5.41, 5.74) is 0. The Labute approximate surface area is 438 Å². The smallest absolute Gasteiger partial charge is 0.220 e. The van der Waals surface area contributed by atoms with Crippen LogP contribution in [0.15, 0.2) is 109 Å². The summed E-state index contributed by atoms with van der Waals surface area (Å²) in [5.74, 6) is -0.270. The first-order chi connectivity index (χ1) is 35.6. The number of rotatable bonds is 41. The number of aliphatic hydroxyl groups is 8. The summed E-state index contributed by atoms with van der Waals surface area (Å²) in [7, 11) is 0. The molecule has 2 heterocycles. The molecule has 0 saturated carbocycles. The summed E-state index contributed by atoms with van der Waals surface area (Å²) < 4.78 is 22.7. The van der Waals surface area contributed by atoms with Gasteiger partial charge in [0.05, 0.1) is 32.0 Å². The first kappa shape index (κ1) is 65.8. The van der Waals surface area contributed by atoms with Crippen LogP contribution in [0.1, 0.15) is 162 Å². The average Bonchev–Trinajstić information content (AvgIpc) is 3.39. The van der Waals surface area contributed by atoms with E-state index in [4.69, 9.17) is 18.9 Å². The summed E-state index contributed by atoms with van der Waals surface area (Å²) in [6.45, 7) is 2.56. The topological polar surface area (TPSA) is 228 Å². The Bertz CT molecular complexity index is 1640. The van der Waals surface area contributed by atoms with Gasteiger partial charge in [-0.05, 0) is 89.9 Å². The van der Waals surface area contributed by atoms with E-state index in [-0.39, 0.29) is 18.9 Å². The third-order valence-electron chi connectivity index (χ3n) is 12.7. The molecule has 2 aliphatic rings. The monoisotopic (exact) mass is 1030 g/mol.